The zero-order valence-corrected chi connectivity index (χ0v) is 14.4. The van der Waals surface area contributed by atoms with Crippen LogP contribution < -0.4 is 0 Å². The molecular weight excluding hydrogens is 240 g/mol. The number of rotatable bonds is 1. The van der Waals surface area contributed by atoms with Gasteiger partial charge in [0.15, 0.2) is 0 Å². The molecule has 0 atom stereocenters. The minimum absolute atomic E-state index is 0.603. The van der Waals surface area contributed by atoms with E-state index in [4.69, 9.17) is 0 Å². The fourth-order valence-electron chi connectivity index (χ4n) is 1.75. The van der Waals surface area contributed by atoms with E-state index in [1.54, 1.807) is 6.08 Å². The quantitative estimate of drug-likeness (QED) is 0.481. The van der Waals surface area contributed by atoms with Gasteiger partial charge in [-0.1, -0.05) is 90.1 Å². The highest BCUT2D eigenvalue weighted by atomic mass is 14.1. The molecule has 0 aliphatic heterocycles. The third-order valence-electron chi connectivity index (χ3n) is 2.45. The summed E-state index contributed by atoms with van der Waals surface area (Å²) >= 11 is 0. The van der Waals surface area contributed by atoms with Crippen LogP contribution >= 0.6 is 0 Å². The molecule has 0 N–H and O–H groups in total. The lowest BCUT2D eigenvalue weighted by Crippen LogP contribution is -1.88. The number of fused-ring (bicyclic) bond motifs is 1. The number of hydrogen-bond donors (Lipinski definition) is 0. The molecule has 112 valence electrons. The monoisotopic (exact) mass is 272 g/mol. The Morgan fingerprint density at radius 2 is 1.30 bits per heavy atom. The molecule has 0 spiro atoms. The third kappa shape index (κ3) is 7.13. The van der Waals surface area contributed by atoms with Crippen LogP contribution in [0.2, 0.25) is 0 Å². The highest BCUT2D eigenvalue weighted by Crippen LogP contribution is 2.24. The predicted molar refractivity (Wildman–Crippen MR) is 96.6 cm³/mol. The third-order valence-corrected chi connectivity index (χ3v) is 2.45. The number of hydrogen-bond acceptors (Lipinski definition) is 0. The normalized spacial score (nSPS) is 8.40. The standard InChI is InChI=1S/C13H14.C3H6.2C2H6/c1-10(2)12-9-5-7-11-6-3-4-8-13(11)12;1-3-2;2*1-2/h3-10H,1-2H3;3H,1H2,2H3;2*1-2H3. The fraction of sp³-hybridized carbons (Fsp3) is 0.400. The van der Waals surface area contributed by atoms with Crippen molar-refractivity contribution in [3.63, 3.8) is 0 Å². The summed E-state index contributed by atoms with van der Waals surface area (Å²) in [7, 11) is 0. The molecule has 0 radical (unpaired) electrons. The molecule has 0 aromatic heterocycles. The molecule has 0 bridgehead atoms. The SMILES string of the molecule is C=CC.CC.CC.CC(C)c1cccc2ccccc12. The highest BCUT2D eigenvalue weighted by Gasteiger charge is 2.02. The van der Waals surface area contributed by atoms with E-state index in [2.05, 4.69) is 62.9 Å². The van der Waals surface area contributed by atoms with Gasteiger partial charge in [-0.15, -0.1) is 6.58 Å². The van der Waals surface area contributed by atoms with Gasteiger partial charge < -0.3 is 0 Å². The number of allylic oxidation sites excluding steroid dienone is 1. The van der Waals surface area contributed by atoms with Gasteiger partial charge in [0.2, 0.25) is 0 Å². The maximum atomic E-state index is 3.36. The van der Waals surface area contributed by atoms with Crippen LogP contribution in [-0.4, -0.2) is 0 Å². The van der Waals surface area contributed by atoms with Crippen LogP contribution in [0.3, 0.4) is 0 Å². The Bertz CT molecular complexity index is 447. The summed E-state index contributed by atoms with van der Waals surface area (Å²) in [5, 5.41) is 2.73. The van der Waals surface area contributed by atoms with Crippen LogP contribution in [0.5, 0.6) is 0 Å². The zero-order chi connectivity index (χ0) is 16.0. The van der Waals surface area contributed by atoms with E-state index < -0.39 is 0 Å². The van der Waals surface area contributed by atoms with Gasteiger partial charge in [-0.05, 0) is 29.2 Å². The van der Waals surface area contributed by atoms with Crippen molar-refractivity contribution in [2.45, 2.75) is 54.4 Å². The van der Waals surface area contributed by atoms with Gasteiger partial charge in [0.05, 0.1) is 0 Å². The summed E-state index contributed by atoms with van der Waals surface area (Å²) in [4.78, 5) is 0. The molecule has 0 fully saturated rings. The first kappa shape index (κ1) is 20.8. The average molecular weight is 272 g/mol. The summed E-state index contributed by atoms with van der Waals surface area (Å²) in [5.41, 5.74) is 1.44. The van der Waals surface area contributed by atoms with E-state index in [-0.39, 0.29) is 0 Å². The van der Waals surface area contributed by atoms with Crippen molar-refractivity contribution >= 4 is 10.8 Å². The predicted octanol–water partition coefficient (Wildman–Crippen LogP) is 7.21. The minimum Gasteiger partial charge on any atom is -0.103 e. The van der Waals surface area contributed by atoms with E-state index in [9.17, 15) is 0 Å². The van der Waals surface area contributed by atoms with Crippen molar-refractivity contribution in [1.29, 1.82) is 0 Å². The lowest BCUT2D eigenvalue weighted by Gasteiger charge is -2.08. The second-order valence-electron chi connectivity index (χ2n) is 4.13. The fourth-order valence-corrected chi connectivity index (χ4v) is 1.75. The molecule has 0 unspecified atom stereocenters. The molecule has 20 heavy (non-hydrogen) atoms. The molecule has 0 saturated carbocycles. The molecule has 0 heterocycles. The Kier molecular flexibility index (Phi) is 14.4. The first-order valence-electron chi connectivity index (χ1n) is 7.75. The van der Waals surface area contributed by atoms with Crippen LogP contribution in [0.4, 0.5) is 0 Å². The molecule has 2 aromatic carbocycles. The molecule has 2 aromatic rings. The van der Waals surface area contributed by atoms with Crippen molar-refractivity contribution in [2.24, 2.45) is 0 Å². The molecule has 0 amide bonds. The van der Waals surface area contributed by atoms with Gasteiger partial charge >= 0.3 is 0 Å². The van der Waals surface area contributed by atoms with Crippen molar-refractivity contribution < 1.29 is 0 Å². The van der Waals surface area contributed by atoms with E-state index in [0.717, 1.165) is 0 Å². The largest absolute Gasteiger partial charge is 0.103 e. The smallest absolute Gasteiger partial charge is 0.0149 e. The Labute approximate surface area is 126 Å². The summed E-state index contributed by atoms with van der Waals surface area (Å²) in [5.74, 6) is 0.603. The van der Waals surface area contributed by atoms with Crippen molar-refractivity contribution in [3.8, 4) is 0 Å². The molecule has 0 nitrogen and oxygen atoms in total. The Morgan fingerprint density at radius 3 is 1.80 bits per heavy atom. The second kappa shape index (κ2) is 13.9. The van der Waals surface area contributed by atoms with Crippen molar-refractivity contribution in [1.82, 2.24) is 0 Å². The molecule has 0 saturated heterocycles. The zero-order valence-electron chi connectivity index (χ0n) is 14.4. The first-order valence-corrected chi connectivity index (χ1v) is 7.75. The van der Waals surface area contributed by atoms with Crippen molar-refractivity contribution in [3.05, 3.63) is 60.7 Å². The molecule has 0 aliphatic carbocycles. The molecule has 0 heteroatoms. The molecule has 2 rings (SSSR count). The van der Waals surface area contributed by atoms with Gasteiger partial charge in [-0.3, -0.25) is 0 Å². The lowest BCUT2D eigenvalue weighted by atomic mass is 9.96. The van der Waals surface area contributed by atoms with Gasteiger partial charge in [-0.25, -0.2) is 0 Å². The van der Waals surface area contributed by atoms with Gasteiger partial charge in [-0.2, -0.15) is 0 Å². The van der Waals surface area contributed by atoms with E-state index in [1.807, 2.05) is 34.6 Å². The maximum absolute atomic E-state index is 3.36. The topological polar surface area (TPSA) is 0 Å². The van der Waals surface area contributed by atoms with Gasteiger partial charge in [0, 0.05) is 0 Å². The minimum atomic E-state index is 0.603. The average Bonchev–Trinajstić information content (AvgIpc) is 2.51. The number of benzene rings is 2. The van der Waals surface area contributed by atoms with E-state index in [1.165, 1.54) is 16.3 Å². The van der Waals surface area contributed by atoms with E-state index in [0.29, 0.717) is 5.92 Å². The van der Waals surface area contributed by atoms with E-state index >= 15 is 0 Å². The molecular formula is C20H32. The van der Waals surface area contributed by atoms with Crippen LogP contribution in [-0.2, 0) is 0 Å². The van der Waals surface area contributed by atoms with Crippen LogP contribution in [0.25, 0.3) is 10.8 Å². The summed E-state index contributed by atoms with van der Waals surface area (Å²) in [6.07, 6.45) is 1.75. The van der Waals surface area contributed by atoms with Gasteiger partial charge in [0.25, 0.3) is 0 Å². The highest BCUT2D eigenvalue weighted by molar-refractivity contribution is 5.86. The summed E-state index contributed by atoms with van der Waals surface area (Å²) in [6.45, 7) is 17.7. The van der Waals surface area contributed by atoms with Crippen molar-refractivity contribution in [2.75, 3.05) is 0 Å². The van der Waals surface area contributed by atoms with Crippen LogP contribution in [0, 0.1) is 0 Å². The van der Waals surface area contributed by atoms with Gasteiger partial charge in [0.1, 0.15) is 0 Å². The van der Waals surface area contributed by atoms with Crippen LogP contribution in [0.15, 0.2) is 55.1 Å². The Balaban J connectivity index is 0. The summed E-state index contributed by atoms with van der Waals surface area (Å²) in [6, 6.07) is 15.1. The second-order valence-corrected chi connectivity index (χ2v) is 4.13. The first-order chi connectivity index (χ1) is 9.70. The Hall–Kier alpha value is -1.56. The lowest BCUT2D eigenvalue weighted by molar-refractivity contribution is 0.876. The molecule has 0 aliphatic rings. The van der Waals surface area contributed by atoms with Crippen LogP contribution in [0.1, 0.15) is 59.9 Å². The maximum Gasteiger partial charge on any atom is -0.0149 e. The Morgan fingerprint density at radius 1 is 0.850 bits per heavy atom. The summed E-state index contributed by atoms with van der Waals surface area (Å²) < 4.78 is 0.